The maximum Gasteiger partial charge on any atom is 0.0753 e. The van der Waals surface area contributed by atoms with Crippen LogP contribution in [-0.4, -0.2) is 36.7 Å². The van der Waals surface area contributed by atoms with Gasteiger partial charge < -0.3 is 10.5 Å². The molecule has 1 saturated heterocycles. The van der Waals surface area contributed by atoms with Gasteiger partial charge in [-0.3, -0.25) is 4.90 Å². The van der Waals surface area contributed by atoms with Crippen LogP contribution in [0.15, 0.2) is 18.2 Å². The van der Waals surface area contributed by atoms with Gasteiger partial charge in [0.15, 0.2) is 0 Å². The smallest absolute Gasteiger partial charge is 0.0753 e. The first-order chi connectivity index (χ1) is 8.93. The number of benzene rings is 1. The number of hydrogen-bond acceptors (Lipinski definition) is 3. The molecule has 1 aliphatic rings. The van der Waals surface area contributed by atoms with Gasteiger partial charge in [0.1, 0.15) is 0 Å². The molecule has 0 aliphatic carbocycles. The molecule has 1 atom stereocenters. The second-order valence-electron chi connectivity index (χ2n) is 5.84. The van der Waals surface area contributed by atoms with E-state index in [4.69, 9.17) is 22.1 Å². The summed E-state index contributed by atoms with van der Waals surface area (Å²) in [5.74, 6) is 0. The number of nitrogens with zero attached hydrogens (tertiary/aromatic N) is 1. The molecule has 1 aliphatic heterocycles. The Labute approximate surface area is 120 Å². The van der Waals surface area contributed by atoms with Crippen molar-refractivity contribution in [1.29, 1.82) is 0 Å². The largest absolute Gasteiger partial charge is 0.373 e. The van der Waals surface area contributed by atoms with E-state index in [1.54, 1.807) is 0 Å². The van der Waals surface area contributed by atoms with Crippen molar-refractivity contribution in [3.05, 3.63) is 34.3 Å². The maximum absolute atomic E-state index is 6.23. The molecule has 106 valence electrons. The Morgan fingerprint density at radius 3 is 2.79 bits per heavy atom. The summed E-state index contributed by atoms with van der Waals surface area (Å²) >= 11 is 6.23. The van der Waals surface area contributed by atoms with Crippen molar-refractivity contribution in [2.24, 2.45) is 5.73 Å². The number of morpholine rings is 1. The van der Waals surface area contributed by atoms with E-state index in [-0.39, 0.29) is 11.6 Å². The second kappa shape index (κ2) is 5.80. The Balaban J connectivity index is 2.21. The molecule has 0 spiro atoms. The Morgan fingerprint density at radius 1 is 1.47 bits per heavy atom. The Morgan fingerprint density at radius 2 is 2.21 bits per heavy atom. The monoisotopic (exact) mass is 282 g/mol. The lowest BCUT2D eigenvalue weighted by Gasteiger charge is -2.42. The Hall–Kier alpha value is -0.610. The summed E-state index contributed by atoms with van der Waals surface area (Å²) in [6.07, 6.45) is 0. The van der Waals surface area contributed by atoms with Crippen LogP contribution in [0.2, 0.25) is 5.02 Å². The van der Waals surface area contributed by atoms with E-state index < -0.39 is 0 Å². The molecule has 0 bridgehead atoms. The highest BCUT2D eigenvalue weighted by Gasteiger charge is 2.31. The summed E-state index contributed by atoms with van der Waals surface area (Å²) in [4.78, 5) is 2.39. The van der Waals surface area contributed by atoms with Gasteiger partial charge in [0.25, 0.3) is 0 Å². The normalized spacial score (nSPS) is 21.3. The van der Waals surface area contributed by atoms with Crippen LogP contribution in [0.4, 0.5) is 0 Å². The van der Waals surface area contributed by atoms with Crippen molar-refractivity contribution in [2.75, 3.05) is 26.2 Å². The van der Waals surface area contributed by atoms with Gasteiger partial charge >= 0.3 is 0 Å². The third kappa shape index (κ3) is 3.48. The fourth-order valence-corrected chi connectivity index (χ4v) is 2.82. The summed E-state index contributed by atoms with van der Waals surface area (Å²) in [6.45, 7) is 9.40. The van der Waals surface area contributed by atoms with E-state index in [9.17, 15) is 0 Å². The van der Waals surface area contributed by atoms with Crippen molar-refractivity contribution in [3.63, 3.8) is 0 Å². The first-order valence-corrected chi connectivity index (χ1v) is 7.15. The molecule has 3 nitrogen and oxygen atoms in total. The van der Waals surface area contributed by atoms with Gasteiger partial charge in [-0.1, -0.05) is 23.7 Å². The fourth-order valence-electron chi connectivity index (χ4n) is 2.63. The van der Waals surface area contributed by atoms with Gasteiger partial charge in [-0.05, 0) is 38.0 Å². The van der Waals surface area contributed by atoms with Crippen LogP contribution in [0.3, 0.4) is 0 Å². The number of aryl methyl sites for hydroxylation is 1. The zero-order chi connectivity index (χ0) is 14.0. The van der Waals surface area contributed by atoms with Crippen molar-refractivity contribution >= 4 is 11.6 Å². The summed E-state index contributed by atoms with van der Waals surface area (Å²) in [5, 5.41) is 0.809. The van der Waals surface area contributed by atoms with Gasteiger partial charge in [0, 0.05) is 30.7 Å². The van der Waals surface area contributed by atoms with Crippen molar-refractivity contribution in [2.45, 2.75) is 32.4 Å². The van der Waals surface area contributed by atoms with Gasteiger partial charge in [0.05, 0.1) is 12.2 Å². The van der Waals surface area contributed by atoms with E-state index in [1.165, 1.54) is 5.56 Å². The lowest BCUT2D eigenvalue weighted by atomic mass is 10.00. The first kappa shape index (κ1) is 14.8. The molecule has 0 aromatic heterocycles. The quantitative estimate of drug-likeness (QED) is 0.926. The first-order valence-electron chi connectivity index (χ1n) is 6.77. The zero-order valence-electron chi connectivity index (χ0n) is 11.9. The highest BCUT2D eigenvalue weighted by molar-refractivity contribution is 6.31. The fraction of sp³-hybridized carbons (Fsp3) is 0.600. The van der Waals surface area contributed by atoms with Gasteiger partial charge in [-0.2, -0.15) is 0 Å². The van der Waals surface area contributed by atoms with Crippen LogP contribution in [0.1, 0.15) is 31.0 Å². The Kier molecular flexibility index (Phi) is 4.51. The van der Waals surface area contributed by atoms with Crippen molar-refractivity contribution in [1.82, 2.24) is 4.90 Å². The predicted octanol–water partition coefficient (Wildman–Crippen LogP) is 2.76. The van der Waals surface area contributed by atoms with Crippen LogP contribution in [-0.2, 0) is 4.74 Å². The topological polar surface area (TPSA) is 38.5 Å². The number of halogens is 1. The molecule has 4 heteroatoms. The van der Waals surface area contributed by atoms with E-state index >= 15 is 0 Å². The Bertz CT molecular complexity index is 448. The van der Waals surface area contributed by atoms with Crippen molar-refractivity contribution < 1.29 is 4.74 Å². The summed E-state index contributed by atoms with van der Waals surface area (Å²) in [5.41, 5.74) is 8.17. The molecule has 2 rings (SSSR count). The van der Waals surface area contributed by atoms with Crippen LogP contribution in [0.5, 0.6) is 0 Å². The van der Waals surface area contributed by atoms with Crippen LogP contribution < -0.4 is 5.73 Å². The highest BCUT2D eigenvalue weighted by atomic mass is 35.5. The SMILES string of the molecule is Cc1ccc(C(CN)N2CCOC(C)(C)C2)cc1Cl. The average Bonchev–Trinajstić information content (AvgIpc) is 2.33. The van der Waals surface area contributed by atoms with E-state index in [2.05, 4.69) is 30.9 Å². The van der Waals surface area contributed by atoms with Crippen molar-refractivity contribution in [3.8, 4) is 0 Å². The predicted molar refractivity (Wildman–Crippen MR) is 79.6 cm³/mol. The number of nitrogens with two attached hydrogens (primary N) is 1. The molecule has 1 unspecified atom stereocenters. The number of hydrogen-bond donors (Lipinski definition) is 1. The maximum atomic E-state index is 6.23. The highest BCUT2D eigenvalue weighted by Crippen LogP contribution is 2.28. The second-order valence-corrected chi connectivity index (χ2v) is 6.25. The summed E-state index contributed by atoms with van der Waals surface area (Å²) < 4.78 is 5.76. The molecular weight excluding hydrogens is 260 g/mol. The van der Waals surface area contributed by atoms with Gasteiger partial charge in [-0.15, -0.1) is 0 Å². The molecule has 1 fully saturated rings. The van der Waals surface area contributed by atoms with Gasteiger partial charge in [-0.25, -0.2) is 0 Å². The lowest BCUT2D eigenvalue weighted by molar-refractivity contribution is -0.0967. The number of ether oxygens (including phenoxy) is 1. The molecule has 0 radical (unpaired) electrons. The molecule has 0 saturated carbocycles. The van der Waals surface area contributed by atoms with Crippen LogP contribution in [0.25, 0.3) is 0 Å². The summed E-state index contributed by atoms with van der Waals surface area (Å²) in [6, 6.07) is 6.44. The van der Waals surface area contributed by atoms with E-state index in [0.717, 1.165) is 30.3 Å². The lowest BCUT2D eigenvalue weighted by Crippen LogP contribution is -2.50. The summed E-state index contributed by atoms with van der Waals surface area (Å²) in [7, 11) is 0. The van der Waals surface area contributed by atoms with Crippen LogP contribution >= 0.6 is 11.6 Å². The zero-order valence-corrected chi connectivity index (χ0v) is 12.7. The molecule has 0 amide bonds. The third-order valence-corrected chi connectivity index (χ3v) is 4.11. The molecule has 1 aromatic rings. The minimum Gasteiger partial charge on any atom is -0.373 e. The number of rotatable bonds is 3. The standard InChI is InChI=1S/C15H23ClN2O/c1-11-4-5-12(8-13(11)16)14(9-17)18-6-7-19-15(2,3)10-18/h4-5,8,14H,6-7,9-10,17H2,1-3H3. The van der Waals surface area contributed by atoms with E-state index in [0.29, 0.717) is 6.54 Å². The molecule has 19 heavy (non-hydrogen) atoms. The minimum absolute atomic E-state index is 0.111. The van der Waals surface area contributed by atoms with Crippen LogP contribution in [0, 0.1) is 6.92 Å². The minimum atomic E-state index is -0.111. The molecule has 1 aromatic carbocycles. The molecule has 2 N–H and O–H groups in total. The van der Waals surface area contributed by atoms with Gasteiger partial charge in [0.2, 0.25) is 0 Å². The molecule has 1 heterocycles. The third-order valence-electron chi connectivity index (χ3n) is 3.70. The van der Waals surface area contributed by atoms with E-state index in [1.807, 2.05) is 13.0 Å². The molecular formula is C15H23ClN2O. The average molecular weight is 283 g/mol.